The van der Waals surface area contributed by atoms with Crippen LogP contribution in [0, 0.1) is 0 Å². The third-order valence-electron chi connectivity index (χ3n) is 2.68. The molecule has 66 valence electrons. The second kappa shape index (κ2) is 2.43. The Morgan fingerprint density at radius 3 is 2.67 bits per heavy atom. The fourth-order valence-electron chi connectivity index (χ4n) is 1.73. The molecule has 0 unspecified atom stereocenters. The van der Waals surface area contributed by atoms with Gasteiger partial charge in [0.2, 0.25) is 0 Å². The molecule has 12 heavy (non-hydrogen) atoms. The Kier molecular flexibility index (Phi) is 1.62. The van der Waals surface area contributed by atoms with Crippen molar-refractivity contribution in [2.75, 3.05) is 19.6 Å². The molecule has 0 aromatic carbocycles. The molecule has 0 fully saturated rings. The van der Waals surface area contributed by atoms with Crippen molar-refractivity contribution in [3.05, 3.63) is 11.1 Å². The summed E-state index contributed by atoms with van der Waals surface area (Å²) in [4.78, 5) is 6.76. The first-order chi connectivity index (χ1) is 5.57. The van der Waals surface area contributed by atoms with Gasteiger partial charge in [0.1, 0.15) is 0 Å². The third kappa shape index (κ3) is 1.20. The van der Waals surface area contributed by atoms with Gasteiger partial charge in [-0.3, -0.25) is 9.89 Å². The molecule has 0 aromatic heterocycles. The lowest BCUT2D eigenvalue weighted by molar-refractivity contribution is 0.179. The van der Waals surface area contributed by atoms with Crippen LogP contribution in [0.1, 0.15) is 20.8 Å². The molecule has 0 spiro atoms. The van der Waals surface area contributed by atoms with E-state index in [1.807, 2.05) is 6.21 Å². The molecule has 2 rings (SSSR count). The molecule has 0 amide bonds. The van der Waals surface area contributed by atoms with Gasteiger partial charge in [0.25, 0.3) is 0 Å². The maximum Gasteiger partial charge on any atom is 0.0618 e. The lowest BCUT2D eigenvalue weighted by Gasteiger charge is -2.32. The van der Waals surface area contributed by atoms with E-state index in [4.69, 9.17) is 0 Å². The van der Waals surface area contributed by atoms with Gasteiger partial charge in [0.15, 0.2) is 0 Å². The molecule has 0 atom stereocenters. The molecule has 0 bridgehead atoms. The van der Waals surface area contributed by atoms with Crippen molar-refractivity contribution in [3.8, 4) is 0 Å². The van der Waals surface area contributed by atoms with Crippen molar-refractivity contribution in [1.29, 1.82) is 0 Å². The summed E-state index contributed by atoms with van der Waals surface area (Å²) in [6, 6.07) is 0. The number of hydrogen-bond acceptors (Lipinski definition) is 2. The van der Waals surface area contributed by atoms with Gasteiger partial charge in [0, 0.05) is 24.8 Å². The topological polar surface area (TPSA) is 15.6 Å². The Bertz CT molecular complexity index is 256. The van der Waals surface area contributed by atoms with Crippen LogP contribution in [0.3, 0.4) is 0 Å². The zero-order chi connectivity index (χ0) is 8.77. The molecule has 2 heterocycles. The van der Waals surface area contributed by atoms with Gasteiger partial charge < -0.3 is 0 Å². The number of rotatable bonds is 0. The monoisotopic (exact) mass is 164 g/mol. The predicted molar refractivity (Wildman–Crippen MR) is 51.7 cm³/mol. The van der Waals surface area contributed by atoms with E-state index in [9.17, 15) is 0 Å². The highest BCUT2D eigenvalue weighted by Gasteiger charge is 2.30. The van der Waals surface area contributed by atoms with Gasteiger partial charge in [-0.05, 0) is 31.9 Å². The summed E-state index contributed by atoms with van der Waals surface area (Å²) >= 11 is 0. The smallest absolute Gasteiger partial charge is 0.0618 e. The Hall–Kier alpha value is -0.630. The van der Waals surface area contributed by atoms with Gasteiger partial charge >= 0.3 is 0 Å². The molecule has 2 aliphatic rings. The quantitative estimate of drug-likeness (QED) is 0.529. The normalized spacial score (nSPS) is 23.9. The summed E-state index contributed by atoms with van der Waals surface area (Å²) in [5.41, 5.74) is 3.30. The summed E-state index contributed by atoms with van der Waals surface area (Å²) < 4.78 is 0. The van der Waals surface area contributed by atoms with Gasteiger partial charge in [-0.25, -0.2) is 0 Å². The van der Waals surface area contributed by atoms with Crippen molar-refractivity contribution in [2.24, 2.45) is 4.99 Å². The van der Waals surface area contributed by atoms with Crippen LogP contribution in [-0.2, 0) is 0 Å². The first-order valence-corrected chi connectivity index (χ1v) is 4.53. The van der Waals surface area contributed by atoms with Crippen LogP contribution in [0.25, 0.3) is 0 Å². The lowest BCUT2D eigenvalue weighted by Crippen LogP contribution is -2.40. The van der Waals surface area contributed by atoms with Crippen molar-refractivity contribution < 1.29 is 0 Å². The highest BCUT2D eigenvalue weighted by molar-refractivity contribution is 5.84. The molecule has 0 radical (unpaired) electrons. The van der Waals surface area contributed by atoms with E-state index in [0.29, 0.717) is 5.54 Å². The number of aliphatic imine (C=N–C) groups is 1. The van der Waals surface area contributed by atoms with Crippen molar-refractivity contribution in [1.82, 2.24) is 4.90 Å². The van der Waals surface area contributed by atoms with Gasteiger partial charge in [-0.2, -0.15) is 0 Å². The van der Waals surface area contributed by atoms with Gasteiger partial charge in [-0.1, -0.05) is 0 Å². The summed E-state index contributed by atoms with van der Waals surface area (Å²) in [5, 5.41) is 0. The van der Waals surface area contributed by atoms with E-state index < -0.39 is 0 Å². The van der Waals surface area contributed by atoms with Crippen LogP contribution < -0.4 is 0 Å². The first kappa shape index (κ1) is 7.99. The predicted octanol–water partition coefficient (Wildman–Crippen LogP) is 1.48. The first-order valence-electron chi connectivity index (χ1n) is 4.53. The SMILES string of the molecule is CC(C)(C)N1CC2=C(CN=C2)C1. The highest BCUT2D eigenvalue weighted by atomic mass is 15.2. The Balaban J connectivity index is 2.09. The van der Waals surface area contributed by atoms with Crippen LogP contribution in [-0.4, -0.2) is 36.3 Å². The molecular weight excluding hydrogens is 148 g/mol. The summed E-state index contributed by atoms with van der Waals surface area (Å²) in [7, 11) is 0. The van der Waals surface area contributed by atoms with Crippen LogP contribution in [0.4, 0.5) is 0 Å². The zero-order valence-electron chi connectivity index (χ0n) is 8.09. The molecule has 2 heteroatoms. The Morgan fingerprint density at radius 2 is 2.08 bits per heavy atom. The maximum absolute atomic E-state index is 4.26. The lowest BCUT2D eigenvalue weighted by atomic mass is 10.1. The second-order valence-electron chi connectivity index (χ2n) is 4.63. The highest BCUT2D eigenvalue weighted by Crippen LogP contribution is 2.26. The maximum atomic E-state index is 4.26. The summed E-state index contributed by atoms with van der Waals surface area (Å²) in [6.07, 6.45) is 2.04. The van der Waals surface area contributed by atoms with Crippen molar-refractivity contribution in [2.45, 2.75) is 26.3 Å². The van der Waals surface area contributed by atoms with E-state index in [-0.39, 0.29) is 0 Å². The average molecular weight is 164 g/mol. The number of hydrogen-bond donors (Lipinski definition) is 0. The Labute approximate surface area is 74.0 Å². The van der Waals surface area contributed by atoms with Gasteiger partial charge in [0.05, 0.1) is 6.54 Å². The molecule has 0 saturated carbocycles. The average Bonchev–Trinajstić information content (AvgIpc) is 2.37. The van der Waals surface area contributed by atoms with Crippen LogP contribution >= 0.6 is 0 Å². The second-order valence-corrected chi connectivity index (χ2v) is 4.63. The molecule has 0 N–H and O–H groups in total. The van der Waals surface area contributed by atoms with Crippen LogP contribution in [0.5, 0.6) is 0 Å². The fourth-order valence-corrected chi connectivity index (χ4v) is 1.73. The van der Waals surface area contributed by atoms with Gasteiger partial charge in [-0.15, -0.1) is 0 Å². The Morgan fingerprint density at radius 1 is 1.33 bits per heavy atom. The van der Waals surface area contributed by atoms with E-state index in [1.54, 1.807) is 0 Å². The van der Waals surface area contributed by atoms with E-state index in [2.05, 4.69) is 30.7 Å². The molecular formula is C10H16N2. The standard InChI is InChI=1S/C10H16N2/c1-10(2,3)12-6-8-4-11-5-9(8)7-12/h4H,5-7H2,1-3H3. The van der Waals surface area contributed by atoms with Crippen LogP contribution in [0.2, 0.25) is 0 Å². The summed E-state index contributed by atoms with van der Waals surface area (Å²) in [5.74, 6) is 0. The van der Waals surface area contributed by atoms with E-state index in [1.165, 1.54) is 11.1 Å². The van der Waals surface area contributed by atoms with Crippen molar-refractivity contribution >= 4 is 6.21 Å². The van der Waals surface area contributed by atoms with E-state index >= 15 is 0 Å². The molecule has 0 aliphatic carbocycles. The minimum atomic E-state index is 0.304. The molecule has 0 saturated heterocycles. The molecule has 2 aliphatic heterocycles. The molecule has 2 nitrogen and oxygen atoms in total. The molecule has 0 aromatic rings. The van der Waals surface area contributed by atoms with E-state index in [0.717, 1.165) is 19.6 Å². The fraction of sp³-hybridized carbons (Fsp3) is 0.700. The minimum Gasteiger partial charge on any atom is -0.290 e. The number of nitrogens with zero attached hydrogens (tertiary/aromatic N) is 2. The van der Waals surface area contributed by atoms with Crippen molar-refractivity contribution in [3.63, 3.8) is 0 Å². The summed E-state index contributed by atoms with van der Waals surface area (Å²) in [6.45, 7) is 9.98. The third-order valence-corrected chi connectivity index (χ3v) is 2.68. The van der Waals surface area contributed by atoms with Crippen LogP contribution in [0.15, 0.2) is 16.1 Å². The zero-order valence-corrected chi connectivity index (χ0v) is 8.09. The largest absolute Gasteiger partial charge is 0.290 e. The minimum absolute atomic E-state index is 0.304.